The van der Waals surface area contributed by atoms with Crippen LogP contribution in [-0.2, 0) is 14.4 Å². The molecule has 1 spiro atoms. The minimum absolute atomic E-state index is 0.0138. The predicted octanol–water partition coefficient (Wildman–Crippen LogP) is 2.94. The van der Waals surface area contributed by atoms with Crippen LogP contribution in [0.25, 0.3) is 0 Å². The van der Waals surface area contributed by atoms with Crippen molar-refractivity contribution in [3.63, 3.8) is 0 Å². The summed E-state index contributed by atoms with van der Waals surface area (Å²) in [5, 5.41) is 16.3. The number of aliphatic hydroxyl groups is 1. The Labute approximate surface area is 217 Å². The molecule has 3 aliphatic rings. The second-order valence-electron chi connectivity index (χ2n) is 12.6. The minimum atomic E-state index is -0.732. The van der Waals surface area contributed by atoms with Crippen LogP contribution < -0.4 is 10.6 Å². The summed E-state index contributed by atoms with van der Waals surface area (Å²) in [7, 11) is 1.60. The van der Waals surface area contributed by atoms with E-state index in [0.29, 0.717) is 12.8 Å². The van der Waals surface area contributed by atoms with Gasteiger partial charge in [0.15, 0.2) is 0 Å². The van der Waals surface area contributed by atoms with Crippen molar-refractivity contribution >= 4 is 45.4 Å². The molecule has 0 aliphatic carbocycles. The zero-order valence-corrected chi connectivity index (χ0v) is 24.2. The van der Waals surface area contributed by atoms with Crippen LogP contribution in [0.15, 0.2) is 0 Å². The maximum atomic E-state index is 14.1. The average Bonchev–Trinajstić information content (AvgIpc) is 3.26. The van der Waals surface area contributed by atoms with E-state index in [4.69, 9.17) is 0 Å². The lowest BCUT2D eigenvalue weighted by atomic mass is 9.70. The first-order valence-electron chi connectivity index (χ1n) is 12.4. The van der Waals surface area contributed by atoms with E-state index in [-0.39, 0.29) is 45.7 Å². The fourth-order valence-corrected chi connectivity index (χ4v) is 10.4. The molecule has 7 nitrogen and oxygen atoms in total. The molecule has 3 N–H and O–H groups in total. The van der Waals surface area contributed by atoms with Crippen molar-refractivity contribution < 1.29 is 19.5 Å². The number of amides is 3. The van der Waals surface area contributed by atoms with E-state index < -0.39 is 34.2 Å². The third-order valence-corrected chi connectivity index (χ3v) is 10.5. The lowest BCUT2D eigenvalue weighted by molar-refractivity contribution is -0.143. The number of halogens is 1. The van der Waals surface area contributed by atoms with Gasteiger partial charge in [-0.2, -0.15) is 0 Å². The van der Waals surface area contributed by atoms with Crippen LogP contribution >= 0.6 is 27.7 Å². The van der Waals surface area contributed by atoms with E-state index in [9.17, 15) is 19.5 Å². The van der Waals surface area contributed by atoms with Gasteiger partial charge in [-0.1, -0.05) is 50.5 Å². The summed E-state index contributed by atoms with van der Waals surface area (Å²) in [4.78, 5) is 42.7. The standard InChI is InChI=1S/C25H42BrN3O4S/c1-13(2)9-14(11-30)29-19(21(32)28-24(6,7)12-23(3,4)5)25-10-15(26)18(34-25)16(20(31)27-8)17(25)22(29)33/h13-19,30H,9-12H2,1-8H3,(H,27,31)(H,28,32)/t14-,15?,16-,17+,18-,19?,25?/m1/s1. The van der Waals surface area contributed by atoms with Crippen LogP contribution in [0.1, 0.15) is 67.7 Å². The van der Waals surface area contributed by atoms with E-state index >= 15 is 0 Å². The Kier molecular flexibility index (Phi) is 7.83. The molecule has 194 valence electrons. The molecule has 0 aromatic carbocycles. The Bertz CT molecular complexity index is 829. The fourth-order valence-electron chi connectivity index (χ4n) is 6.82. The van der Waals surface area contributed by atoms with E-state index in [2.05, 4.69) is 47.3 Å². The molecule has 7 atom stereocenters. The first-order chi connectivity index (χ1) is 15.6. The molecule has 3 amide bonds. The lowest BCUT2D eigenvalue weighted by Crippen LogP contribution is -2.60. The quantitative estimate of drug-likeness (QED) is 0.397. The van der Waals surface area contributed by atoms with Crippen LogP contribution in [0, 0.1) is 23.2 Å². The van der Waals surface area contributed by atoms with Crippen molar-refractivity contribution in [2.24, 2.45) is 23.2 Å². The topological polar surface area (TPSA) is 98.7 Å². The average molecular weight is 561 g/mol. The maximum absolute atomic E-state index is 14.1. The van der Waals surface area contributed by atoms with Crippen LogP contribution in [0.2, 0.25) is 0 Å². The van der Waals surface area contributed by atoms with Crippen LogP contribution in [0.5, 0.6) is 0 Å². The monoisotopic (exact) mass is 559 g/mol. The second-order valence-corrected chi connectivity index (χ2v) is 15.3. The van der Waals surface area contributed by atoms with Gasteiger partial charge in [0, 0.05) is 22.7 Å². The second kappa shape index (κ2) is 9.58. The van der Waals surface area contributed by atoms with Crippen molar-refractivity contribution in [3.05, 3.63) is 0 Å². The zero-order valence-electron chi connectivity index (χ0n) is 21.8. The molecular weight excluding hydrogens is 518 g/mol. The maximum Gasteiger partial charge on any atom is 0.244 e. The molecule has 3 saturated heterocycles. The Hall–Kier alpha value is -0.800. The van der Waals surface area contributed by atoms with Crippen molar-refractivity contribution in [2.45, 2.75) is 100 Å². The molecule has 3 heterocycles. The van der Waals surface area contributed by atoms with Gasteiger partial charge in [-0.15, -0.1) is 11.8 Å². The van der Waals surface area contributed by atoms with Crippen molar-refractivity contribution in [3.8, 4) is 0 Å². The molecule has 2 bridgehead atoms. The number of alkyl halides is 1. The number of fused-ring (bicyclic) bond motifs is 1. The van der Waals surface area contributed by atoms with Gasteiger partial charge in [0.2, 0.25) is 17.7 Å². The Morgan fingerprint density at radius 3 is 2.35 bits per heavy atom. The number of nitrogens with zero attached hydrogens (tertiary/aromatic N) is 1. The molecule has 0 aromatic heterocycles. The fraction of sp³-hybridized carbons (Fsp3) is 0.880. The molecule has 0 aromatic rings. The van der Waals surface area contributed by atoms with Gasteiger partial charge in [0.1, 0.15) is 6.04 Å². The molecule has 3 unspecified atom stereocenters. The van der Waals surface area contributed by atoms with Gasteiger partial charge in [-0.3, -0.25) is 14.4 Å². The first kappa shape index (κ1) is 27.8. The van der Waals surface area contributed by atoms with Gasteiger partial charge < -0.3 is 20.6 Å². The third-order valence-electron chi connectivity index (χ3n) is 7.31. The Balaban J connectivity index is 2.06. The summed E-state index contributed by atoms with van der Waals surface area (Å²) in [6, 6.07) is -1.20. The van der Waals surface area contributed by atoms with Crippen LogP contribution in [0.4, 0.5) is 0 Å². The Morgan fingerprint density at radius 1 is 1.24 bits per heavy atom. The number of hydrogen-bond acceptors (Lipinski definition) is 5. The first-order valence-corrected chi connectivity index (χ1v) is 14.2. The van der Waals surface area contributed by atoms with Crippen molar-refractivity contribution in [2.75, 3.05) is 13.7 Å². The summed E-state index contributed by atoms with van der Waals surface area (Å²) in [6.45, 7) is 14.3. The van der Waals surface area contributed by atoms with E-state index in [1.807, 2.05) is 27.7 Å². The van der Waals surface area contributed by atoms with E-state index in [1.54, 1.807) is 23.7 Å². The van der Waals surface area contributed by atoms with E-state index in [0.717, 1.165) is 6.42 Å². The molecular formula is C25H42BrN3O4S. The van der Waals surface area contributed by atoms with Gasteiger partial charge in [0.25, 0.3) is 0 Å². The lowest BCUT2D eigenvalue weighted by Gasteiger charge is -2.41. The van der Waals surface area contributed by atoms with Gasteiger partial charge in [-0.05, 0) is 44.4 Å². The largest absolute Gasteiger partial charge is 0.394 e. The molecule has 9 heteroatoms. The van der Waals surface area contributed by atoms with Crippen LogP contribution in [0.3, 0.4) is 0 Å². The molecule has 3 aliphatic heterocycles. The summed E-state index contributed by atoms with van der Waals surface area (Å²) < 4.78 is -0.695. The third kappa shape index (κ3) is 4.90. The number of carbonyl (C=O) groups is 3. The predicted molar refractivity (Wildman–Crippen MR) is 140 cm³/mol. The highest BCUT2D eigenvalue weighted by Gasteiger charge is 2.76. The number of rotatable bonds is 8. The summed E-state index contributed by atoms with van der Waals surface area (Å²) >= 11 is 5.39. The number of hydrogen-bond donors (Lipinski definition) is 3. The summed E-state index contributed by atoms with van der Waals surface area (Å²) in [6.07, 6.45) is 2.01. The Morgan fingerprint density at radius 2 is 1.85 bits per heavy atom. The summed E-state index contributed by atoms with van der Waals surface area (Å²) in [5.41, 5.74) is -0.458. The minimum Gasteiger partial charge on any atom is -0.394 e. The number of carbonyl (C=O) groups excluding carboxylic acids is 3. The van der Waals surface area contributed by atoms with E-state index in [1.165, 1.54) is 0 Å². The van der Waals surface area contributed by atoms with Gasteiger partial charge in [-0.25, -0.2) is 0 Å². The SMILES string of the molecule is CNC(=O)[C@H]1[C@@H]2SC3(CC2Br)C(C(=O)NC(C)(C)CC(C)(C)C)N([C@@H](CO)CC(C)C)C(=O)[C@H]13. The summed E-state index contributed by atoms with van der Waals surface area (Å²) in [5.74, 6) is -1.33. The number of aliphatic hydroxyl groups excluding tert-OH is 1. The molecule has 0 saturated carbocycles. The number of likely N-dealkylation sites (tertiary alicyclic amines) is 1. The molecule has 3 fully saturated rings. The number of nitrogens with one attached hydrogen (secondary N) is 2. The van der Waals surface area contributed by atoms with Crippen molar-refractivity contribution in [1.29, 1.82) is 0 Å². The van der Waals surface area contributed by atoms with Gasteiger partial charge in [0.05, 0.1) is 29.2 Å². The zero-order chi connectivity index (χ0) is 25.8. The highest BCUT2D eigenvalue weighted by atomic mass is 79.9. The number of thioether (sulfide) groups is 1. The van der Waals surface area contributed by atoms with Crippen molar-refractivity contribution in [1.82, 2.24) is 15.5 Å². The molecule has 34 heavy (non-hydrogen) atoms. The molecule has 0 radical (unpaired) electrons. The normalized spacial score (nSPS) is 33.9. The smallest absolute Gasteiger partial charge is 0.244 e. The highest BCUT2D eigenvalue weighted by Crippen LogP contribution is 2.68. The van der Waals surface area contributed by atoms with Gasteiger partial charge >= 0.3 is 0 Å². The molecule has 3 rings (SSSR count). The van der Waals surface area contributed by atoms with Crippen LogP contribution in [-0.4, -0.2) is 73.8 Å². The highest BCUT2D eigenvalue weighted by molar-refractivity contribution is 9.09.